The number of amides is 1. The number of rotatable bonds is 7. The molecule has 0 radical (unpaired) electrons. The normalized spacial score (nSPS) is 20.1. The van der Waals surface area contributed by atoms with E-state index in [4.69, 9.17) is 9.47 Å². The van der Waals surface area contributed by atoms with Gasteiger partial charge in [-0.2, -0.15) is 0 Å². The number of ether oxygens (including phenoxy) is 2. The third kappa shape index (κ3) is 4.13. The third-order valence-electron chi connectivity index (χ3n) is 7.44. The Labute approximate surface area is 213 Å². The van der Waals surface area contributed by atoms with Gasteiger partial charge in [0.2, 0.25) is 5.91 Å². The van der Waals surface area contributed by atoms with Gasteiger partial charge in [0, 0.05) is 24.1 Å². The molecule has 0 spiro atoms. The van der Waals surface area contributed by atoms with Crippen molar-refractivity contribution in [1.29, 1.82) is 0 Å². The summed E-state index contributed by atoms with van der Waals surface area (Å²) in [5.74, 6) is 1.50. The molecule has 2 aliphatic rings. The molecule has 0 aliphatic carbocycles. The van der Waals surface area contributed by atoms with Crippen molar-refractivity contribution in [2.24, 2.45) is 0 Å². The molecule has 1 atom stereocenters. The van der Waals surface area contributed by atoms with Crippen LogP contribution in [-0.2, 0) is 16.8 Å². The topological polar surface area (TPSA) is 50.8 Å². The highest BCUT2D eigenvalue weighted by Crippen LogP contribution is 2.52. The molecule has 3 aromatic carbocycles. The maximum atomic E-state index is 12.6. The van der Waals surface area contributed by atoms with Crippen LogP contribution in [0.2, 0.25) is 0 Å². The summed E-state index contributed by atoms with van der Waals surface area (Å²) >= 11 is 0. The van der Waals surface area contributed by atoms with Gasteiger partial charge in [0.25, 0.3) is 0 Å². The summed E-state index contributed by atoms with van der Waals surface area (Å²) in [6.45, 7) is 10.2. The maximum Gasteiger partial charge on any atom is 0.223 e. The number of carbonyl (C=O) groups excluding carboxylic acids is 1. The molecule has 0 saturated carbocycles. The average molecular weight is 483 g/mol. The Balaban J connectivity index is 1.44. The first-order valence-corrected chi connectivity index (χ1v) is 12.7. The minimum atomic E-state index is -0.640. The van der Waals surface area contributed by atoms with E-state index in [-0.39, 0.29) is 11.3 Å². The van der Waals surface area contributed by atoms with E-state index in [1.807, 2.05) is 25.1 Å². The van der Waals surface area contributed by atoms with Crippen LogP contribution in [0.1, 0.15) is 49.4 Å². The third-order valence-corrected chi connectivity index (χ3v) is 7.44. The minimum Gasteiger partial charge on any atom is -0.490 e. The van der Waals surface area contributed by atoms with Gasteiger partial charge in [0.15, 0.2) is 11.5 Å². The fourth-order valence-corrected chi connectivity index (χ4v) is 5.40. The number of nitrogens with one attached hydrogen (secondary N) is 1. The molecule has 1 amide bonds. The Morgan fingerprint density at radius 3 is 2.56 bits per heavy atom. The zero-order valence-electron chi connectivity index (χ0n) is 21.5. The molecule has 186 valence electrons. The van der Waals surface area contributed by atoms with Crippen LogP contribution in [-0.4, -0.2) is 24.7 Å². The number of benzene rings is 3. The fourth-order valence-electron chi connectivity index (χ4n) is 5.40. The fraction of sp³-hybridized carbons (Fsp3) is 0.323. The number of fused-ring (bicyclic) bond motifs is 3. The first-order valence-electron chi connectivity index (χ1n) is 12.7. The van der Waals surface area contributed by atoms with E-state index >= 15 is 0 Å². The summed E-state index contributed by atoms with van der Waals surface area (Å²) in [6, 6.07) is 22.8. The molecule has 5 heteroatoms. The van der Waals surface area contributed by atoms with Gasteiger partial charge >= 0.3 is 0 Å². The highest BCUT2D eigenvalue weighted by molar-refractivity contribution is 5.84. The molecule has 1 fully saturated rings. The van der Waals surface area contributed by atoms with Crippen LogP contribution in [0.15, 0.2) is 72.8 Å². The lowest BCUT2D eigenvalue weighted by Crippen LogP contribution is -2.68. The zero-order valence-corrected chi connectivity index (χ0v) is 21.5. The second kappa shape index (κ2) is 9.38. The van der Waals surface area contributed by atoms with Gasteiger partial charge in [-0.15, -0.1) is 0 Å². The van der Waals surface area contributed by atoms with Crippen LogP contribution in [0, 0.1) is 6.92 Å². The summed E-state index contributed by atoms with van der Waals surface area (Å²) in [5, 5.41) is 3.34. The Morgan fingerprint density at radius 2 is 1.78 bits per heavy atom. The molecule has 5 rings (SSSR count). The quantitative estimate of drug-likeness (QED) is 0.449. The predicted molar refractivity (Wildman–Crippen MR) is 144 cm³/mol. The number of aryl methyl sites for hydroxylation is 1. The standard InChI is InChI=1S/C31H34N2O3/c1-5-35-28-20-23(14-15-27(28)36-21-24-12-10-22(2)11-13-24)16-18-31-30(3,4)25-8-6-7-9-26(25)33(31)19-17-29(34)32-31/h6-16,18,20H,5,17,19,21H2,1-4H3,(H,32,34)/b18-16+/t31-/m0/s1. The summed E-state index contributed by atoms with van der Waals surface area (Å²) < 4.78 is 12.0. The first-order chi connectivity index (χ1) is 17.3. The van der Waals surface area contributed by atoms with Gasteiger partial charge < -0.3 is 19.7 Å². The van der Waals surface area contributed by atoms with Crippen molar-refractivity contribution in [2.75, 3.05) is 18.1 Å². The van der Waals surface area contributed by atoms with E-state index in [0.29, 0.717) is 37.7 Å². The largest absolute Gasteiger partial charge is 0.490 e. The van der Waals surface area contributed by atoms with Crippen molar-refractivity contribution < 1.29 is 14.3 Å². The van der Waals surface area contributed by atoms with Gasteiger partial charge in [-0.25, -0.2) is 0 Å². The van der Waals surface area contributed by atoms with Crippen LogP contribution >= 0.6 is 0 Å². The lowest BCUT2D eigenvalue weighted by atomic mass is 9.74. The number of para-hydroxylation sites is 1. The monoisotopic (exact) mass is 482 g/mol. The molecule has 36 heavy (non-hydrogen) atoms. The molecular weight excluding hydrogens is 448 g/mol. The lowest BCUT2D eigenvalue weighted by molar-refractivity contribution is -0.124. The first kappa shape index (κ1) is 24.0. The van der Waals surface area contributed by atoms with Crippen molar-refractivity contribution in [3.63, 3.8) is 0 Å². The van der Waals surface area contributed by atoms with Crippen LogP contribution in [0.25, 0.3) is 6.08 Å². The smallest absolute Gasteiger partial charge is 0.223 e. The number of hydrogen-bond acceptors (Lipinski definition) is 4. The van der Waals surface area contributed by atoms with Gasteiger partial charge in [-0.1, -0.05) is 74.0 Å². The Hall–Kier alpha value is -3.73. The van der Waals surface area contributed by atoms with E-state index in [2.05, 4.69) is 91.7 Å². The summed E-state index contributed by atoms with van der Waals surface area (Å²) in [5.41, 5.74) is 4.80. The van der Waals surface area contributed by atoms with Crippen molar-refractivity contribution in [1.82, 2.24) is 5.32 Å². The lowest BCUT2D eigenvalue weighted by Gasteiger charge is -2.49. The zero-order chi connectivity index (χ0) is 25.3. The van der Waals surface area contributed by atoms with Gasteiger partial charge in [-0.3, -0.25) is 4.79 Å². The van der Waals surface area contributed by atoms with Crippen LogP contribution in [0.4, 0.5) is 5.69 Å². The van der Waals surface area contributed by atoms with Crippen molar-refractivity contribution in [2.45, 2.75) is 51.8 Å². The molecule has 1 saturated heterocycles. The van der Waals surface area contributed by atoms with E-state index in [9.17, 15) is 4.79 Å². The Kier molecular flexibility index (Phi) is 6.25. The maximum absolute atomic E-state index is 12.6. The van der Waals surface area contributed by atoms with Gasteiger partial charge in [0.05, 0.1) is 6.61 Å². The number of nitrogens with zero attached hydrogens (tertiary/aromatic N) is 1. The molecule has 5 nitrogen and oxygen atoms in total. The SMILES string of the molecule is CCOc1cc(/C=C/[C@]23NC(=O)CCN2c2ccccc2C3(C)C)ccc1OCc1ccc(C)cc1. The van der Waals surface area contributed by atoms with E-state index in [0.717, 1.165) is 11.1 Å². The van der Waals surface area contributed by atoms with Crippen molar-refractivity contribution in [3.8, 4) is 11.5 Å². The molecule has 0 aromatic heterocycles. The van der Waals surface area contributed by atoms with E-state index < -0.39 is 5.66 Å². The second-order valence-corrected chi connectivity index (χ2v) is 10.1. The van der Waals surface area contributed by atoms with E-state index in [1.165, 1.54) is 16.8 Å². The average Bonchev–Trinajstić information content (AvgIpc) is 3.07. The molecule has 3 aromatic rings. The predicted octanol–water partition coefficient (Wildman–Crippen LogP) is 6.00. The highest BCUT2D eigenvalue weighted by Gasteiger charge is 2.57. The van der Waals surface area contributed by atoms with Crippen molar-refractivity contribution in [3.05, 3.63) is 95.1 Å². The Bertz CT molecular complexity index is 1300. The molecule has 2 heterocycles. The second-order valence-electron chi connectivity index (χ2n) is 10.1. The molecule has 0 bridgehead atoms. The summed E-state index contributed by atoms with van der Waals surface area (Å²) in [7, 11) is 0. The van der Waals surface area contributed by atoms with Crippen LogP contribution in [0.5, 0.6) is 11.5 Å². The van der Waals surface area contributed by atoms with Gasteiger partial charge in [-0.05, 0) is 54.8 Å². The summed E-state index contributed by atoms with van der Waals surface area (Å²) in [6.07, 6.45) is 4.71. The minimum absolute atomic E-state index is 0.0756. The Morgan fingerprint density at radius 1 is 1.00 bits per heavy atom. The number of carbonyl (C=O) groups is 1. The summed E-state index contributed by atoms with van der Waals surface area (Å²) in [4.78, 5) is 15.0. The van der Waals surface area contributed by atoms with Crippen LogP contribution in [0.3, 0.4) is 0 Å². The molecule has 1 N–H and O–H groups in total. The molecular formula is C31H34N2O3. The van der Waals surface area contributed by atoms with Gasteiger partial charge in [0.1, 0.15) is 12.3 Å². The number of hydrogen-bond donors (Lipinski definition) is 1. The van der Waals surface area contributed by atoms with Crippen molar-refractivity contribution >= 4 is 17.7 Å². The van der Waals surface area contributed by atoms with Crippen LogP contribution < -0.4 is 19.7 Å². The van der Waals surface area contributed by atoms with E-state index in [1.54, 1.807) is 0 Å². The molecule has 0 unspecified atom stereocenters. The molecule has 2 aliphatic heterocycles. The number of anilines is 1. The highest BCUT2D eigenvalue weighted by atomic mass is 16.5.